The van der Waals surface area contributed by atoms with Gasteiger partial charge in [0.2, 0.25) is 0 Å². The summed E-state index contributed by atoms with van der Waals surface area (Å²) in [5.41, 5.74) is 4.50. The number of amides is 1. The quantitative estimate of drug-likeness (QED) is 0.515. The van der Waals surface area contributed by atoms with Crippen molar-refractivity contribution >= 4 is 44.4 Å². The number of nitrogens with zero attached hydrogens (tertiary/aromatic N) is 3. The highest BCUT2D eigenvalue weighted by Gasteiger charge is 2.23. The molecular weight excluding hydrogens is 398 g/mol. The van der Waals surface area contributed by atoms with E-state index in [1.165, 1.54) is 24.0 Å². The third kappa shape index (κ3) is 4.34. The number of hydrogen-bond donors (Lipinski definition) is 0. The second-order valence-corrected chi connectivity index (χ2v) is 9.61. The number of benzene rings is 2. The molecule has 1 heterocycles. The number of thiazole rings is 1. The summed E-state index contributed by atoms with van der Waals surface area (Å²) in [6, 6.07) is 12.5. The fourth-order valence-corrected chi connectivity index (χ4v) is 5.44. The molecule has 1 aromatic heterocycles. The minimum absolute atomic E-state index is 0.0463. The van der Waals surface area contributed by atoms with Crippen LogP contribution in [-0.2, 0) is 12.8 Å². The molecular formula is C23H27N3OS2. The summed E-state index contributed by atoms with van der Waals surface area (Å²) in [6.07, 6.45) is 6.73. The van der Waals surface area contributed by atoms with E-state index in [0.717, 1.165) is 45.2 Å². The van der Waals surface area contributed by atoms with Crippen LogP contribution in [0.25, 0.3) is 10.2 Å². The lowest BCUT2D eigenvalue weighted by Crippen LogP contribution is -2.36. The average molecular weight is 426 g/mol. The minimum atomic E-state index is 0.0463. The van der Waals surface area contributed by atoms with E-state index in [2.05, 4.69) is 41.5 Å². The molecule has 0 spiro atoms. The van der Waals surface area contributed by atoms with E-state index in [-0.39, 0.29) is 5.91 Å². The van der Waals surface area contributed by atoms with Crippen LogP contribution < -0.4 is 4.90 Å². The molecule has 0 N–H and O–H groups in total. The van der Waals surface area contributed by atoms with Gasteiger partial charge in [0.05, 0.1) is 10.2 Å². The summed E-state index contributed by atoms with van der Waals surface area (Å²) in [7, 11) is 4.07. The molecule has 0 bridgehead atoms. The number of aromatic nitrogens is 1. The number of para-hydroxylation sites is 1. The standard InChI is InChI=1S/C23H27N3OS2/c1-25(2)13-14-26(23-24-21-19(28-3)9-6-10-20(21)29-23)22(27)18-12-11-16-7-4-5-8-17(16)15-18/h6,9-12,15H,4-5,7-8,13-14H2,1-3H3. The topological polar surface area (TPSA) is 36.4 Å². The van der Waals surface area contributed by atoms with Gasteiger partial charge in [-0.2, -0.15) is 0 Å². The molecule has 152 valence electrons. The highest BCUT2D eigenvalue weighted by atomic mass is 32.2. The third-order valence-electron chi connectivity index (χ3n) is 5.43. The second-order valence-electron chi connectivity index (χ2n) is 7.75. The molecule has 4 rings (SSSR count). The van der Waals surface area contributed by atoms with Crippen molar-refractivity contribution in [2.24, 2.45) is 0 Å². The van der Waals surface area contributed by atoms with Gasteiger partial charge >= 0.3 is 0 Å². The number of rotatable bonds is 6. The molecule has 6 heteroatoms. The molecule has 1 amide bonds. The first-order valence-corrected chi connectivity index (χ1v) is 12.1. The molecule has 0 fully saturated rings. The van der Waals surface area contributed by atoms with Crippen LogP contribution in [0.15, 0.2) is 41.3 Å². The van der Waals surface area contributed by atoms with Crippen molar-refractivity contribution in [3.05, 3.63) is 53.1 Å². The normalized spacial score (nSPS) is 13.7. The van der Waals surface area contributed by atoms with Gasteiger partial charge in [0.25, 0.3) is 5.91 Å². The van der Waals surface area contributed by atoms with Crippen LogP contribution in [-0.4, -0.2) is 49.2 Å². The second kappa shape index (κ2) is 8.86. The van der Waals surface area contributed by atoms with Crippen LogP contribution in [0.5, 0.6) is 0 Å². The van der Waals surface area contributed by atoms with Crippen molar-refractivity contribution in [3.8, 4) is 0 Å². The van der Waals surface area contributed by atoms with Crippen LogP contribution in [0.3, 0.4) is 0 Å². The summed E-state index contributed by atoms with van der Waals surface area (Å²) in [4.78, 5) is 23.5. The SMILES string of the molecule is CSc1cccc2sc(N(CCN(C)C)C(=O)c3ccc4c(c3)CCCC4)nc12. The largest absolute Gasteiger partial charge is 0.308 e. The Balaban J connectivity index is 1.71. The Labute approximate surface area is 180 Å². The number of fused-ring (bicyclic) bond motifs is 2. The van der Waals surface area contributed by atoms with Crippen molar-refractivity contribution in [1.29, 1.82) is 0 Å². The maximum atomic E-state index is 13.5. The number of aryl methyl sites for hydroxylation is 2. The predicted molar refractivity (Wildman–Crippen MR) is 125 cm³/mol. The van der Waals surface area contributed by atoms with E-state index in [1.807, 2.05) is 25.1 Å². The molecule has 1 aliphatic carbocycles. The Kier molecular flexibility index (Phi) is 6.23. The molecule has 29 heavy (non-hydrogen) atoms. The van der Waals surface area contributed by atoms with Gasteiger partial charge in [-0.25, -0.2) is 4.98 Å². The van der Waals surface area contributed by atoms with Gasteiger partial charge in [-0.05, 0) is 81.4 Å². The third-order valence-corrected chi connectivity index (χ3v) is 7.25. The van der Waals surface area contributed by atoms with Crippen molar-refractivity contribution < 1.29 is 4.79 Å². The fourth-order valence-electron chi connectivity index (χ4n) is 3.80. The van der Waals surface area contributed by atoms with Crippen LogP contribution in [0, 0.1) is 0 Å². The van der Waals surface area contributed by atoms with E-state index in [1.54, 1.807) is 23.1 Å². The average Bonchev–Trinajstić information content (AvgIpc) is 3.17. The number of anilines is 1. The maximum absolute atomic E-state index is 13.5. The Hall–Kier alpha value is -1.89. The van der Waals surface area contributed by atoms with E-state index < -0.39 is 0 Å². The molecule has 0 saturated carbocycles. The summed E-state index contributed by atoms with van der Waals surface area (Å²) >= 11 is 3.29. The predicted octanol–water partition coefficient (Wildman–Crippen LogP) is 5.11. The Morgan fingerprint density at radius 2 is 1.90 bits per heavy atom. The summed E-state index contributed by atoms with van der Waals surface area (Å²) in [5.74, 6) is 0.0463. The van der Waals surface area contributed by atoms with Crippen LogP contribution >= 0.6 is 23.1 Å². The lowest BCUT2D eigenvalue weighted by Gasteiger charge is -2.23. The van der Waals surface area contributed by atoms with Gasteiger partial charge in [0, 0.05) is 23.5 Å². The van der Waals surface area contributed by atoms with Gasteiger partial charge in [-0.1, -0.05) is 23.5 Å². The number of hydrogen-bond acceptors (Lipinski definition) is 5. The zero-order chi connectivity index (χ0) is 20.4. The zero-order valence-electron chi connectivity index (χ0n) is 17.3. The smallest absolute Gasteiger partial charge is 0.260 e. The minimum Gasteiger partial charge on any atom is -0.308 e. The summed E-state index contributed by atoms with van der Waals surface area (Å²) in [6.45, 7) is 1.42. The molecule has 4 nitrogen and oxygen atoms in total. The van der Waals surface area contributed by atoms with Crippen LogP contribution in [0.4, 0.5) is 5.13 Å². The number of likely N-dealkylation sites (N-methyl/N-ethyl adjacent to an activating group) is 1. The molecule has 0 aliphatic heterocycles. The summed E-state index contributed by atoms with van der Waals surface area (Å²) < 4.78 is 1.12. The monoisotopic (exact) mass is 425 g/mol. The molecule has 0 unspecified atom stereocenters. The van der Waals surface area contributed by atoms with E-state index in [0.29, 0.717) is 6.54 Å². The van der Waals surface area contributed by atoms with E-state index >= 15 is 0 Å². The highest BCUT2D eigenvalue weighted by Crippen LogP contribution is 2.35. The molecule has 0 atom stereocenters. The highest BCUT2D eigenvalue weighted by molar-refractivity contribution is 7.98. The van der Waals surface area contributed by atoms with Gasteiger partial charge in [0.15, 0.2) is 5.13 Å². The first-order valence-electron chi connectivity index (χ1n) is 10.1. The van der Waals surface area contributed by atoms with Gasteiger partial charge in [-0.3, -0.25) is 9.69 Å². The molecule has 0 saturated heterocycles. The lowest BCUT2D eigenvalue weighted by molar-refractivity contribution is 0.0985. The molecule has 1 aliphatic rings. The molecule has 2 aromatic carbocycles. The first kappa shape index (κ1) is 20.4. The van der Waals surface area contributed by atoms with E-state index in [9.17, 15) is 4.79 Å². The Bertz CT molecular complexity index is 1030. The number of carbonyl (C=O) groups is 1. The molecule has 3 aromatic rings. The maximum Gasteiger partial charge on any atom is 0.260 e. The van der Waals surface area contributed by atoms with Gasteiger partial charge in [0.1, 0.15) is 0 Å². The number of thioether (sulfide) groups is 1. The van der Waals surface area contributed by atoms with Crippen molar-refractivity contribution in [3.63, 3.8) is 0 Å². The fraction of sp³-hybridized carbons (Fsp3) is 0.391. The van der Waals surface area contributed by atoms with Gasteiger partial charge in [-0.15, -0.1) is 11.8 Å². The lowest BCUT2D eigenvalue weighted by atomic mass is 9.90. The zero-order valence-corrected chi connectivity index (χ0v) is 18.9. The Morgan fingerprint density at radius 3 is 2.66 bits per heavy atom. The molecule has 0 radical (unpaired) electrons. The van der Waals surface area contributed by atoms with Crippen molar-refractivity contribution in [1.82, 2.24) is 9.88 Å². The van der Waals surface area contributed by atoms with Crippen LogP contribution in [0.1, 0.15) is 34.3 Å². The summed E-state index contributed by atoms with van der Waals surface area (Å²) in [5, 5.41) is 0.783. The Morgan fingerprint density at radius 1 is 1.10 bits per heavy atom. The van der Waals surface area contributed by atoms with Gasteiger partial charge < -0.3 is 4.90 Å². The van der Waals surface area contributed by atoms with E-state index in [4.69, 9.17) is 4.98 Å². The van der Waals surface area contributed by atoms with Crippen molar-refractivity contribution in [2.75, 3.05) is 38.3 Å². The van der Waals surface area contributed by atoms with Crippen molar-refractivity contribution in [2.45, 2.75) is 30.6 Å². The number of carbonyl (C=O) groups excluding carboxylic acids is 1. The van der Waals surface area contributed by atoms with Crippen LogP contribution in [0.2, 0.25) is 0 Å². The first-order chi connectivity index (χ1) is 14.1.